The van der Waals surface area contributed by atoms with Gasteiger partial charge in [-0.1, -0.05) is 0 Å². The fraction of sp³-hybridized carbons (Fsp3) is 0.571. The predicted molar refractivity (Wildman–Crippen MR) is 51.3 cm³/mol. The number of nitro groups is 1. The normalized spacial score (nSPS) is 12.1. The minimum absolute atomic E-state index is 0.144. The smallest absolute Gasteiger partial charge is 0.362 e. The van der Waals surface area contributed by atoms with Crippen molar-refractivity contribution < 1.29 is 14.5 Å². The lowest BCUT2D eigenvalue weighted by Crippen LogP contribution is -2.36. The zero-order valence-corrected chi connectivity index (χ0v) is 8.78. The Labute approximate surface area is 90.5 Å². The number of hydrogen-bond acceptors (Lipinski definition) is 6. The molecule has 1 unspecified atom stereocenters. The van der Waals surface area contributed by atoms with Crippen molar-refractivity contribution in [1.29, 1.82) is 0 Å². The lowest BCUT2D eigenvalue weighted by molar-refractivity contribution is -0.389. The Morgan fingerprint density at radius 1 is 1.81 bits per heavy atom. The summed E-state index contributed by atoms with van der Waals surface area (Å²) in [7, 11) is 1.45. The van der Waals surface area contributed by atoms with Gasteiger partial charge in [0, 0.05) is 7.11 Å². The molecule has 16 heavy (non-hydrogen) atoms. The van der Waals surface area contributed by atoms with Gasteiger partial charge in [0.15, 0.2) is 0 Å². The second-order valence-electron chi connectivity index (χ2n) is 2.98. The van der Waals surface area contributed by atoms with Gasteiger partial charge in [-0.25, -0.2) is 4.68 Å². The van der Waals surface area contributed by atoms with Crippen LogP contribution in [0.25, 0.3) is 0 Å². The number of aromatic nitrogens is 3. The minimum atomic E-state index is -0.681. The van der Waals surface area contributed by atoms with Gasteiger partial charge < -0.3 is 20.2 Å². The predicted octanol–water partition coefficient (Wildman–Crippen LogP) is -0.705. The third kappa shape index (κ3) is 3.28. The number of nitrogens with zero attached hydrogens (tertiary/aromatic N) is 4. The van der Waals surface area contributed by atoms with E-state index in [9.17, 15) is 14.9 Å². The van der Waals surface area contributed by atoms with E-state index in [4.69, 9.17) is 4.74 Å². The van der Waals surface area contributed by atoms with Gasteiger partial charge in [0.05, 0.1) is 5.21 Å². The van der Waals surface area contributed by atoms with E-state index >= 15 is 0 Å². The number of carbonyl (C=O) groups excluding carboxylic acids is 1. The van der Waals surface area contributed by atoms with Crippen LogP contribution >= 0.6 is 0 Å². The summed E-state index contributed by atoms with van der Waals surface area (Å²) in [6.07, 6.45) is 0.655. The van der Waals surface area contributed by atoms with Crippen molar-refractivity contribution in [3.63, 3.8) is 0 Å². The molecule has 88 valence electrons. The maximum absolute atomic E-state index is 11.3. The Morgan fingerprint density at radius 2 is 2.50 bits per heavy atom. The maximum Gasteiger partial charge on any atom is 0.410 e. The van der Waals surface area contributed by atoms with E-state index in [0.717, 1.165) is 10.9 Å². The number of rotatable bonds is 5. The van der Waals surface area contributed by atoms with E-state index in [0.29, 0.717) is 0 Å². The van der Waals surface area contributed by atoms with Crippen LogP contribution in [0.2, 0.25) is 0 Å². The van der Waals surface area contributed by atoms with Crippen molar-refractivity contribution >= 4 is 11.7 Å². The number of hydrogen-bond donors (Lipinski definition) is 1. The SMILES string of the molecule is COC(C)NC(=O)Cn1cc([N+](=O)[O-])nn1. The topological polar surface area (TPSA) is 112 Å². The number of amides is 1. The highest BCUT2D eigenvalue weighted by molar-refractivity contribution is 5.75. The molecule has 1 heterocycles. The van der Waals surface area contributed by atoms with Gasteiger partial charge in [-0.05, 0) is 11.8 Å². The monoisotopic (exact) mass is 229 g/mol. The van der Waals surface area contributed by atoms with Crippen LogP contribution in [-0.2, 0) is 16.1 Å². The Bertz CT molecular complexity index is 390. The van der Waals surface area contributed by atoms with Crippen LogP contribution < -0.4 is 5.32 Å². The zero-order valence-electron chi connectivity index (χ0n) is 8.78. The van der Waals surface area contributed by atoms with Crippen LogP contribution in [0.5, 0.6) is 0 Å². The highest BCUT2D eigenvalue weighted by Gasteiger charge is 2.14. The number of carbonyl (C=O) groups is 1. The fourth-order valence-corrected chi connectivity index (χ4v) is 0.928. The Hall–Kier alpha value is -2.03. The number of ether oxygens (including phenoxy) is 1. The lowest BCUT2D eigenvalue weighted by atomic mass is 10.5. The van der Waals surface area contributed by atoms with E-state index < -0.39 is 17.0 Å². The molecular formula is C7H11N5O4. The van der Waals surface area contributed by atoms with Crippen LogP contribution in [0.15, 0.2) is 6.20 Å². The summed E-state index contributed by atoms with van der Waals surface area (Å²) in [6, 6.07) is 0. The molecule has 0 bridgehead atoms. The molecule has 0 aliphatic rings. The molecule has 0 saturated heterocycles. The molecule has 1 atom stereocenters. The van der Waals surface area contributed by atoms with Gasteiger partial charge in [0.25, 0.3) is 0 Å². The van der Waals surface area contributed by atoms with Gasteiger partial charge >= 0.3 is 5.82 Å². The highest BCUT2D eigenvalue weighted by atomic mass is 16.6. The van der Waals surface area contributed by atoms with Gasteiger partial charge in [-0.3, -0.25) is 4.79 Å². The Balaban J connectivity index is 2.53. The minimum Gasteiger partial charge on any atom is -0.362 e. The van der Waals surface area contributed by atoms with Crippen molar-refractivity contribution in [2.24, 2.45) is 0 Å². The Kier molecular flexibility index (Phi) is 3.89. The molecule has 0 spiro atoms. The first-order valence-corrected chi connectivity index (χ1v) is 4.39. The third-order valence-electron chi connectivity index (χ3n) is 1.74. The molecule has 0 saturated carbocycles. The molecular weight excluding hydrogens is 218 g/mol. The summed E-state index contributed by atoms with van der Waals surface area (Å²) in [4.78, 5) is 20.9. The molecule has 0 aliphatic heterocycles. The van der Waals surface area contributed by atoms with Crippen molar-refractivity contribution in [2.75, 3.05) is 7.11 Å². The van der Waals surface area contributed by atoms with Crippen LogP contribution in [0, 0.1) is 10.1 Å². The van der Waals surface area contributed by atoms with E-state index in [2.05, 4.69) is 15.6 Å². The van der Waals surface area contributed by atoms with Gasteiger partial charge in [0.2, 0.25) is 5.91 Å². The van der Waals surface area contributed by atoms with Crippen molar-refractivity contribution in [3.05, 3.63) is 16.3 Å². The molecule has 9 heteroatoms. The molecule has 0 radical (unpaired) electrons. The molecule has 0 aliphatic carbocycles. The molecule has 1 rings (SSSR count). The number of nitrogens with one attached hydrogen (secondary N) is 1. The van der Waals surface area contributed by atoms with E-state index in [1.807, 2.05) is 0 Å². The molecule has 1 amide bonds. The summed E-state index contributed by atoms with van der Waals surface area (Å²) in [5, 5.41) is 19.5. The molecule has 1 aromatic rings. The zero-order chi connectivity index (χ0) is 12.1. The van der Waals surface area contributed by atoms with Gasteiger partial charge in [-0.15, -0.1) is 0 Å². The summed E-state index contributed by atoms with van der Waals surface area (Å²) in [5.74, 6) is -0.762. The Morgan fingerprint density at radius 3 is 3.00 bits per heavy atom. The standard InChI is InChI=1S/C7H11N5O4/c1-5(16-2)8-7(13)4-11-3-6(9-10-11)12(14)15/h3,5H,4H2,1-2H3,(H,8,13). The van der Waals surface area contributed by atoms with Crippen LogP contribution in [0.4, 0.5) is 5.82 Å². The van der Waals surface area contributed by atoms with Crippen LogP contribution in [0.1, 0.15) is 6.92 Å². The summed E-state index contributed by atoms with van der Waals surface area (Å²) < 4.78 is 5.90. The van der Waals surface area contributed by atoms with E-state index in [-0.39, 0.29) is 12.5 Å². The molecule has 9 nitrogen and oxygen atoms in total. The first-order valence-electron chi connectivity index (χ1n) is 4.39. The van der Waals surface area contributed by atoms with Gasteiger partial charge in [-0.2, -0.15) is 0 Å². The second kappa shape index (κ2) is 5.16. The van der Waals surface area contributed by atoms with E-state index in [1.165, 1.54) is 7.11 Å². The summed E-state index contributed by atoms with van der Waals surface area (Å²) >= 11 is 0. The molecule has 1 N–H and O–H groups in total. The molecule has 0 aromatic carbocycles. The number of methoxy groups -OCH3 is 1. The average molecular weight is 229 g/mol. The third-order valence-corrected chi connectivity index (χ3v) is 1.74. The molecule has 1 aromatic heterocycles. The highest BCUT2D eigenvalue weighted by Crippen LogP contribution is 2.02. The van der Waals surface area contributed by atoms with Crippen LogP contribution in [0.3, 0.4) is 0 Å². The van der Waals surface area contributed by atoms with Crippen molar-refractivity contribution in [1.82, 2.24) is 20.3 Å². The largest absolute Gasteiger partial charge is 0.410 e. The van der Waals surface area contributed by atoms with Gasteiger partial charge in [0.1, 0.15) is 24.1 Å². The summed E-state index contributed by atoms with van der Waals surface area (Å²) in [5.41, 5.74) is 0. The average Bonchev–Trinajstić information content (AvgIpc) is 2.65. The second-order valence-corrected chi connectivity index (χ2v) is 2.98. The maximum atomic E-state index is 11.3. The van der Waals surface area contributed by atoms with Crippen molar-refractivity contribution in [3.8, 4) is 0 Å². The van der Waals surface area contributed by atoms with E-state index in [1.54, 1.807) is 6.92 Å². The van der Waals surface area contributed by atoms with Crippen LogP contribution in [-0.4, -0.2) is 39.2 Å². The molecule has 0 fully saturated rings. The fourth-order valence-electron chi connectivity index (χ4n) is 0.928. The first-order chi connectivity index (χ1) is 7.52. The quantitative estimate of drug-likeness (QED) is 0.405. The lowest BCUT2D eigenvalue weighted by Gasteiger charge is -2.10. The van der Waals surface area contributed by atoms with Crippen molar-refractivity contribution in [2.45, 2.75) is 19.7 Å². The first kappa shape index (κ1) is 12.0. The summed E-state index contributed by atoms with van der Waals surface area (Å²) in [6.45, 7) is 1.51.